The van der Waals surface area contributed by atoms with Crippen LogP contribution >= 0.6 is 0 Å². The van der Waals surface area contributed by atoms with Crippen LogP contribution in [-0.2, 0) is 12.1 Å². The molecule has 2 aromatic rings. The van der Waals surface area contributed by atoms with E-state index in [4.69, 9.17) is 4.42 Å². The van der Waals surface area contributed by atoms with Crippen LogP contribution in [0.5, 0.6) is 0 Å². The molecule has 0 aliphatic heterocycles. The van der Waals surface area contributed by atoms with Gasteiger partial charge in [0.1, 0.15) is 17.2 Å². The second-order valence-electron chi connectivity index (χ2n) is 5.84. The van der Waals surface area contributed by atoms with Gasteiger partial charge in [-0.2, -0.15) is 0 Å². The number of nitrogens with one attached hydrogen (secondary N) is 2. The molecule has 1 aromatic carbocycles. The Morgan fingerprint density at radius 1 is 1.26 bits per heavy atom. The molecule has 3 N–H and O–H groups in total. The Hall–Kier alpha value is -2.34. The van der Waals surface area contributed by atoms with Crippen LogP contribution in [0.3, 0.4) is 0 Å². The van der Waals surface area contributed by atoms with Crippen molar-refractivity contribution >= 4 is 6.03 Å². The van der Waals surface area contributed by atoms with Crippen LogP contribution in [0, 0.1) is 11.7 Å². The standard InChI is InChI=1S/C17H19FN2O3/c18-14-7-3-12(4-8-14)10-19-16(21)20-11-17(22,13-5-6-13)15-2-1-9-23-15/h1-4,7-9,13,22H,5-6,10-11H2,(H2,19,20,21)/t17-/m1/s1. The van der Waals surface area contributed by atoms with Crippen molar-refractivity contribution in [3.63, 3.8) is 0 Å². The molecule has 23 heavy (non-hydrogen) atoms. The van der Waals surface area contributed by atoms with Crippen molar-refractivity contribution in [3.05, 3.63) is 59.8 Å². The fourth-order valence-corrected chi connectivity index (χ4v) is 2.58. The number of benzene rings is 1. The highest BCUT2D eigenvalue weighted by Crippen LogP contribution is 2.45. The summed E-state index contributed by atoms with van der Waals surface area (Å²) in [5, 5.41) is 16.2. The molecule has 0 saturated heterocycles. The van der Waals surface area contributed by atoms with Crippen molar-refractivity contribution in [2.75, 3.05) is 6.54 Å². The summed E-state index contributed by atoms with van der Waals surface area (Å²) in [5.74, 6) is 0.260. The van der Waals surface area contributed by atoms with Crippen molar-refractivity contribution in [1.29, 1.82) is 0 Å². The van der Waals surface area contributed by atoms with E-state index >= 15 is 0 Å². The van der Waals surface area contributed by atoms with Crippen molar-refractivity contribution in [2.24, 2.45) is 5.92 Å². The van der Waals surface area contributed by atoms with Gasteiger partial charge in [-0.3, -0.25) is 0 Å². The Bertz CT molecular complexity index is 653. The Morgan fingerprint density at radius 3 is 2.61 bits per heavy atom. The minimum atomic E-state index is -1.17. The van der Waals surface area contributed by atoms with Gasteiger partial charge in [0.25, 0.3) is 0 Å². The van der Waals surface area contributed by atoms with Gasteiger partial charge < -0.3 is 20.2 Å². The number of hydrogen-bond donors (Lipinski definition) is 3. The van der Waals surface area contributed by atoms with E-state index in [0.717, 1.165) is 18.4 Å². The first-order valence-corrected chi connectivity index (χ1v) is 7.60. The van der Waals surface area contributed by atoms with E-state index in [1.54, 1.807) is 24.3 Å². The Morgan fingerprint density at radius 2 is 2.00 bits per heavy atom. The van der Waals surface area contributed by atoms with E-state index < -0.39 is 5.60 Å². The average Bonchev–Trinajstić information content (AvgIpc) is 3.27. The number of amides is 2. The molecule has 1 aliphatic carbocycles. The molecule has 1 saturated carbocycles. The number of hydrogen-bond acceptors (Lipinski definition) is 3. The van der Waals surface area contributed by atoms with Crippen molar-refractivity contribution in [3.8, 4) is 0 Å². The number of aliphatic hydroxyl groups is 1. The molecule has 2 amide bonds. The Balaban J connectivity index is 1.52. The molecule has 1 fully saturated rings. The number of carbonyl (C=O) groups is 1. The zero-order valence-electron chi connectivity index (χ0n) is 12.6. The first-order valence-electron chi connectivity index (χ1n) is 7.60. The minimum Gasteiger partial charge on any atom is -0.466 e. The lowest BCUT2D eigenvalue weighted by molar-refractivity contribution is -0.00449. The van der Waals surface area contributed by atoms with Gasteiger partial charge >= 0.3 is 6.03 Å². The van der Waals surface area contributed by atoms with E-state index in [1.165, 1.54) is 18.4 Å². The van der Waals surface area contributed by atoms with Crippen LogP contribution in [0.25, 0.3) is 0 Å². The van der Waals surface area contributed by atoms with Gasteiger partial charge in [-0.25, -0.2) is 9.18 Å². The van der Waals surface area contributed by atoms with Gasteiger partial charge in [-0.15, -0.1) is 0 Å². The lowest BCUT2D eigenvalue weighted by atomic mass is 9.94. The molecule has 0 spiro atoms. The molecule has 3 rings (SSSR count). The van der Waals surface area contributed by atoms with Gasteiger partial charge in [0.05, 0.1) is 12.8 Å². The fourth-order valence-electron chi connectivity index (χ4n) is 2.58. The second kappa shape index (κ2) is 6.42. The highest BCUT2D eigenvalue weighted by atomic mass is 19.1. The van der Waals surface area contributed by atoms with Crippen molar-refractivity contribution in [2.45, 2.75) is 25.0 Å². The van der Waals surface area contributed by atoms with Gasteiger partial charge in [0.2, 0.25) is 0 Å². The quantitative estimate of drug-likeness (QED) is 0.766. The molecular weight excluding hydrogens is 299 g/mol. The number of halogens is 1. The third-order valence-corrected chi connectivity index (χ3v) is 4.09. The highest BCUT2D eigenvalue weighted by molar-refractivity contribution is 5.73. The molecule has 0 radical (unpaired) electrons. The lowest BCUT2D eigenvalue weighted by Gasteiger charge is -2.26. The molecule has 0 bridgehead atoms. The minimum absolute atomic E-state index is 0.0838. The lowest BCUT2D eigenvalue weighted by Crippen LogP contribution is -2.45. The fraction of sp³-hybridized carbons (Fsp3) is 0.353. The molecule has 0 unspecified atom stereocenters. The van der Waals surface area contributed by atoms with E-state index in [1.807, 2.05) is 0 Å². The Labute approximate surface area is 133 Å². The molecule has 1 aliphatic rings. The van der Waals surface area contributed by atoms with Crippen LogP contribution < -0.4 is 10.6 Å². The summed E-state index contributed by atoms with van der Waals surface area (Å²) in [5.41, 5.74) is -0.374. The first kappa shape index (κ1) is 15.6. The summed E-state index contributed by atoms with van der Waals surface area (Å²) >= 11 is 0. The highest BCUT2D eigenvalue weighted by Gasteiger charge is 2.47. The average molecular weight is 318 g/mol. The van der Waals surface area contributed by atoms with Crippen LogP contribution in [0.4, 0.5) is 9.18 Å². The smallest absolute Gasteiger partial charge is 0.315 e. The predicted molar refractivity (Wildman–Crippen MR) is 82.0 cm³/mol. The van der Waals surface area contributed by atoms with Crippen molar-refractivity contribution in [1.82, 2.24) is 10.6 Å². The molecule has 1 aromatic heterocycles. The molecular formula is C17H19FN2O3. The van der Waals surface area contributed by atoms with Gasteiger partial charge in [-0.1, -0.05) is 12.1 Å². The maximum absolute atomic E-state index is 12.8. The van der Waals surface area contributed by atoms with Crippen molar-refractivity contribution < 1.29 is 18.7 Å². The summed E-state index contributed by atoms with van der Waals surface area (Å²) in [4.78, 5) is 11.9. The van der Waals surface area contributed by atoms with E-state index in [-0.39, 0.29) is 30.9 Å². The predicted octanol–water partition coefficient (Wildman–Crippen LogP) is 2.52. The van der Waals surface area contributed by atoms with Crippen LogP contribution in [0.1, 0.15) is 24.2 Å². The largest absolute Gasteiger partial charge is 0.466 e. The maximum atomic E-state index is 12.8. The third-order valence-electron chi connectivity index (χ3n) is 4.09. The first-order chi connectivity index (χ1) is 11.1. The normalized spacial score (nSPS) is 16.6. The Kier molecular flexibility index (Phi) is 4.34. The molecule has 1 heterocycles. The SMILES string of the molecule is O=C(NCc1ccc(F)cc1)NC[C@](O)(c1ccco1)C1CC1. The number of urea groups is 1. The van der Waals surface area contributed by atoms with Crippen LogP contribution in [-0.4, -0.2) is 17.7 Å². The van der Waals surface area contributed by atoms with E-state index in [0.29, 0.717) is 5.76 Å². The summed E-state index contributed by atoms with van der Waals surface area (Å²) in [6.45, 7) is 0.370. The van der Waals surface area contributed by atoms with Crippen LogP contribution in [0.15, 0.2) is 47.1 Å². The molecule has 1 atom stereocenters. The topological polar surface area (TPSA) is 74.5 Å². The van der Waals surface area contributed by atoms with Crippen LogP contribution in [0.2, 0.25) is 0 Å². The molecule has 122 valence electrons. The zero-order valence-corrected chi connectivity index (χ0v) is 12.6. The number of furan rings is 1. The summed E-state index contributed by atoms with van der Waals surface area (Å²) in [7, 11) is 0. The molecule has 5 nitrogen and oxygen atoms in total. The summed E-state index contributed by atoms with van der Waals surface area (Å²) in [6, 6.07) is 8.96. The number of rotatable bonds is 6. The monoisotopic (exact) mass is 318 g/mol. The maximum Gasteiger partial charge on any atom is 0.315 e. The number of carbonyl (C=O) groups excluding carboxylic acids is 1. The second-order valence-corrected chi connectivity index (χ2v) is 5.84. The summed E-state index contributed by atoms with van der Waals surface area (Å²) < 4.78 is 18.1. The third kappa shape index (κ3) is 3.71. The zero-order chi connectivity index (χ0) is 16.3. The van der Waals surface area contributed by atoms with E-state index in [2.05, 4.69) is 10.6 Å². The van der Waals surface area contributed by atoms with E-state index in [9.17, 15) is 14.3 Å². The van der Waals surface area contributed by atoms with Gasteiger partial charge in [-0.05, 0) is 48.6 Å². The molecule has 6 heteroatoms. The van der Waals surface area contributed by atoms with Gasteiger partial charge in [0.15, 0.2) is 0 Å². The summed E-state index contributed by atoms with van der Waals surface area (Å²) in [6.07, 6.45) is 3.34. The van der Waals surface area contributed by atoms with Gasteiger partial charge in [0, 0.05) is 6.54 Å².